The third-order valence-corrected chi connectivity index (χ3v) is 3.97. The summed E-state index contributed by atoms with van der Waals surface area (Å²) < 4.78 is 0.753. The Morgan fingerprint density at radius 2 is 2.00 bits per heavy atom. The van der Waals surface area contributed by atoms with Gasteiger partial charge in [0.15, 0.2) is 0 Å². The average Bonchev–Trinajstić information content (AvgIpc) is 2.61. The van der Waals surface area contributed by atoms with Crippen molar-refractivity contribution in [2.45, 2.75) is 39.2 Å². The first-order valence-electron chi connectivity index (χ1n) is 5.10. The lowest BCUT2D eigenvalue weighted by molar-refractivity contribution is 0.144. The predicted molar refractivity (Wildman–Crippen MR) is 63.0 cm³/mol. The fourth-order valence-electron chi connectivity index (χ4n) is 1.56. The molecule has 1 N–H and O–H groups in total. The Morgan fingerprint density at radius 1 is 1.36 bits per heavy atom. The van der Waals surface area contributed by atoms with Crippen LogP contribution in [0.15, 0.2) is 12.1 Å². The van der Waals surface area contributed by atoms with E-state index in [9.17, 15) is 5.11 Å². The second kappa shape index (κ2) is 5.74. The van der Waals surface area contributed by atoms with E-state index in [1.54, 1.807) is 0 Å². The van der Waals surface area contributed by atoms with Crippen molar-refractivity contribution in [3.05, 3.63) is 21.3 Å². The molecule has 0 fully saturated rings. The number of aliphatic hydroxyl groups is 1. The highest BCUT2D eigenvalue weighted by atomic mass is 35.5. The van der Waals surface area contributed by atoms with Gasteiger partial charge in [-0.2, -0.15) is 0 Å². The van der Waals surface area contributed by atoms with E-state index >= 15 is 0 Å². The zero-order chi connectivity index (χ0) is 10.6. The molecule has 0 saturated heterocycles. The Bertz CT molecular complexity index is 268. The first kappa shape index (κ1) is 12.0. The van der Waals surface area contributed by atoms with Crippen LogP contribution in [0.5, 0.6) is 0 Å². The zero-order valence-corrected chi connectivity index (χ0v) is 10.2. The summed E-state index contributed by atoms with van der Waals surface area (Å²) in [5.74, 6) is 0.617. The van der Waals surface area contributed by atoms with Gasteiger partial charge >= 0.3 is 0 Å². The maximum Gasteiger partial charge on any atom is 0.0932 e. The Balaban J connectivity index is 2.53. The first-order valence-corrected chi connectivity index (χ1v) is 6.30. The molecule has 80 valence electrons. The molecule has 0 amide bonds. The molecular formula is C11H17ClOS. The minimum atomic E-state index is -0.336. The minimum absolute atomic E-state index is 0.336. The number of aliphatic hydroxyl groups excluding tert-OH is 1. The fraction of sp³-hybridized carbons (Fsp3) is 0.636. The average molecular weight is 233 g/mol. The number of hydrogen-bond acceptors (Lipinski definition) is 2. The van der Waals surface area contributed by atoms with Crippen LogP contribution < -0.4 is 0 Å². The maximum absolute atomic E-state index is 9.92. The van der Waals surface area contributed by atoms with E-state index in [4.69, 9.17) is 11.6 Å². The van der Waals surface area contributed by atoms with Gasteiger partial charge in [0.25, 0.3) is 0 Å². The van der Waals surface area contributed by atoms with Crippen molar-refractivity contribution in [2.24, 2.45) is 5.92 Å². The van der Waals surface area contributed by atoms with E-state index in [1.165, 1.54) is 11.3 Å². The molecular weight excluding hydrogens is 216 g/mol. The monoisotopic (exact) mass is 232 g/mol. The van der Waals surface area contributed by atoms with Gasteiger partial charge in [0.05, 0.1) is 10.4 Å². The van der Waals surface area contributed by atoms with E-state index in [-0.39, 0.29) is 6.10 Å². The Hall–Kier alpha value is -0.0500. The molecule has 1 unspecified atom stereocenters. The van der Waals surface area contributed by atoms with Crippen LogP contribution in [0.2, 0.25) is 4.34 Å². The molecule has 14 heavy (non-hydrogen) atoms. The van der Waals surface area contributed by atoms with Crippen LogP contribution in [-0.4, -0.2) is 5.11 Å². The van der Waals surface area contributed by atoms with Gasteiger partial charge in [0.1, 0.15) is 0 Å². The molecule has 3 heteroatoms. The molecule has 0 radical (unpaired) electrons. The van der Waals surface area contributed by atoms with Crippen molar-refractivity contribution in [3.63, 3.8) is 0 Å². The highest BCUT2D eigenvalue weighted by Crippen LogP contribution is 2.31. The van der Waals surface area contributed by atoms with Gasteiger partial charge < -0.3 is 5.11 Å². The predicted octanol–water partition coefficient (Wildman–Crippen LogP) is 4.26. The molecule has 1 heterocycles. The third kappa shape index (κ3) is 3.26. The molecule has 0 aromatic carbocycles. The second-order valence-corrected chi connectivity index (χ2v) is 5.32. The highest BCUT2D eigenvalue weighted by Gasteiger charge is 2.14. The van der Waals surface area contributed by atoms with Crippen LogP contribution in [-0.2, 0) is 0 Å². The maximum atomic E-state index is 9.92. The van der Waals surface area contributed by atoms with Gasteiger partial charge in [0, 0.05) is 4.88 Å². The molecule has 0 spiro atoms. The molecule has 0 aliphatic heterocycles. The molecule has 0 saturated carbocycles. The van der Waals surface area contributed by atoms with Crippen molar-refractivity contribution in [2.75, 3.05) is 0 Å². The summed E-state index contributed by atoms with van der Waals surface area (Å²) in [6, 6.07) is 3.76. The van der Waals surface area contributed by atoms with E-state index < -0.39 is 0 Å². The van der Waals surface area contributed by atoms with Gasteiger partial charge in [-0.15, -0.1) is 11.3 Å². The van der Waals surface area contributed by atoms with Gasteiger partial charge in [-0.25, -0.2) is 0 Å². The Labute approximate surface area is 94.7 Å². The summed E-state index contributed by atoms with van der Waals surface area (Å²) in [5.41, 5.74) is 0. The van der Waals surface area contributed by atoms with E-state index in [2.05, 4.69) is 13.8 Å². The van der Waals surface area contributed by atoms with Crippen LogP contribution >= 0.6 is 22.9 Å². The lowest BCUT2D eigenvalue weighted by atomic mass is 9.95. The van der Waals surface area contributed by atoms with Crippen molar-refractivity contribution in [1.29, 1.82) is 0 Å². The molecule has 0 aliphatic carbocycles. The lowest BCUT2D eigenvalue weighted by Crippen LogP contribution is -2.04. The molecule has 1 aromatic heterocycles. The SMILES string of the molecule is CCC(CC)CC(O)c1ccc(Cl)s1. The van der Waals surface area contributed by atoms with Crippen molar-refractivity contribution < 1.29 is 5.11 Å². The number of halogens is 1. The van der Waals surface area contributed by atoms with E-state index in [1.807, 2.05) is 12.1 Å². The highest BCUT2D eigenvalue weighted by molar-refractivity contribution is 7.16. The second-order valence-electron chi connectivity index (χ2n) is 3.58. The van der Waals surface area contributed by atoms with E-state index in [0.717, 1.165) is 28.5 Å². The first-order chi connectivity index (χ1) is 6.67. The van der Waals surface area contributed by atoms with Gasteiger partial charge in [-0.3, -0.25) is 0 Å². The number of hydrogen-bond donors (Lipinski definition) is 1. The number of thiophene rings is 1. The largest absolute Gasteiger partial charge is 0.388 e. The summed E-state index contributed by atoms with van der Waals surface area (Å²) >= 11 is 7.29. The summed E-state index contributed by atoms with van der Waals surface area (Å²) in [4.78, 5) is 0.988. The normalized spacial score (nSPS) is 13.5. The van der Waals surface area contributed by atoms with Crippen LogP contribution in [0.4, 0.5) is 0 Å². The van der Waals surface area contributed by atoms with Crippen LogP contribution in [0.25, 0.3) is 0 Å². The van der Waals surface area contributed by atoms with E-state index in [0.29, 0.717) is 5.92 Å². The van der Waals surface area contributed by atoms with Crippen molar-refractivity contribution >= 4 is 22.9 Å². The molecule has 1 aromatic rings. The third-order valence-electron chi connectivity index (χ3n) is 2.63. The zero-order valence-electron chi connectivity index (χ0n) is 8.66. The quantitative estimate of drug-likeness (QED) is 0.804. The number of rotatable bonds is 5. The Morgan fingerprint density at radius 3 is 2.43 bits per heavy atom. The minimum Gasteiger partial charge on any atom is -0.388 e. The topological polar surface area (TPSA) is 20.2 Å². The van der Waals surface area contributed by atoms with Crippen LogP contribution in [0.1, 0.15) is 44.1 Å². The Kier molecular flexibility index (Phi) is 4.93. The van der Waals surface area contributed by atoms with Gasteiger partial charge in [-0.05, 0) is 24.5 Å². The molecule has 1 rings (SSSR count). The summed E-state index contributed by atoms with van der Waals surface area (Å²) in [6.07, 6.45) is 2.78. The molecule has 1 nitrogen and oxygen atoms in total. The molecule has 0 aliphatic rings. The van der Waals surface area contributed by atoms with Gasteiger partial charge in [-0.1, -0.05) is 38.3 Å². The lowest BCUT2D eigenvalue weighted by Gasteiger charge is -2.15. The van der Waals surface area contributed by atoms with Crippen LogP contribution in [0, 0.1) is 5.92 Å². The molecule has 1 atom stereocenters. The molecule has 0 bridgehead atoms. The van der Waals surface area contributed by atoms with Gasteiger partial charge in [0.2, 0.25) is 0 Å². The standard InChI is InChI=1S/C11H17ClOS/c1-3-8(4-2)7-9(13)10-5-6-11(12)14-10/h5-6,8-9,13H,3-4,7H2,1-2H3. The fourth-order valence-corrected chi connectivity index (χ4v) is 2.62. The van der Waals surface area contributed by atoms with Crippen molar-refractivity contribution in [3.8, 4) is 0 Å². The summed E-state index contributed by atoms with van der Waals surface area (Å²) in [7, 11) is 0. The van der Waals surface area contributed by atoms with Crippen molar-refractivity contribution in [1.82, 2.24) is 0 Å². The smallest absolute Gasteiger partial charge is 0.0932 e. The summed E-state index contributed by atoms with van der Waals surface area (Å²) in [5, 5.41) is 9.92. The van der Waals surface area contributed by atoms with Crippen LogP contribution in [0.3, 0.4) is 0 Å². The summed E-state index contributed by atoms with van der Waals surface area (Å²) in [6.45, 7) is 4.34.